The molecule has 0 fully saturated rings. The van der Waals surface area contributed by atoms with Crippen molar-refractivity contribution in [2.45, 2.75) is 19.0 Å². The van der Waals surface area contributed by atoms with Crippen molar-refractivity contribution in [1.29, 1.82) is 0 Å². The molecule has 0 saturated carbocycles. The maximum Gasteiger partial charge on any atom is 0.234 e. The van der Waals surface area contributed by atoms with E-state index >= 15 is 0 Å². The maximum absolute atomic E-state index is 12.1. The van der Waals surface area contributed by atoms with Crippen LogP contribution in [0.4, 0.5) is 5.69 Å². The van der Waals surface area contributed by atoms with Crippen LogP contribution < -0.4 is 5.32 Å². The van der Waals surface area contributed by atoms with E-state index in [-0.39, 0.29) is 11.7 Å². The van der Waals surface area contributed by atoms with Gasteiger partial charge in [0.05, 0.1) is 5.75 Å². The summed E-state index contributed by atoms with van der Waals surface area (Å²) in [7, 11) is 0. The molecule has 1 aromatic heterocycles. The van der Waals surface area contributed by atoms with Crippen LogP contribution in [0.25, 0.3) is 12.2 Å². The standard InChI is InChI=1S/C20H20N4OS/c1-14-8-10-17(15(2)12-14)21-19(25)13-26-20-22-18(23-24-20)11-9-16-6-4-3-5-7-16/h3-12H,13H2,1-2H3,(H,21,25)(H,22,23,24)/b11-9+. The van der Waals surface area contributed by atoms with Crippen molar-refractivity contribution in [2.75, 3.05) is 11.1 Å². The SMILES string of the molecule is Cc1ccc(NC(=O)CSc2n[nH]c(/C=C/c3ccccc3)n2)c(C)c1. The van der Waals surface area contributed by atoms with E-state index in [4.69, 9.17) is 0 Å². The average molecular weight is 364 g/mol. The molecule has 26 heavy (non-hydrogen) atoms. The van der Waals surface area contributed by atoms with Gasteiger partial charge in [0.25, 0.3) is 0 Å². The zero-order valence-electron chi connectivity index (χ0n) is 14.7. The minimum Gasteiger partial charge on any atom is -0.325 e. The zero-order valence-corrected chi connectivity index (χ0v) is 15.5. The second kappa shape index (κ2) is 8.49. The summed E-state index contributed by atoms with van der Waals surface area (Å²) in [6.45, 7) is 4.01. The molecular weight excluding hydrogens is 344 g/mol. The van der Waals surface area contributed by atoms with Crippen molar-refractivity contribution in [3.63, 3.8) is 0 Å². The molecule has 3 aromatic rings. The Morgan fingerprint density at radius 2 is 1.96 bits per heavy atom. The van der Waals surface area contributed by atoms with E-state index in [2.05, 4.69) is 20.5 Å². The monoisotopic (exact) mass is 364 g/mol. The number of carbonyl (C=O) groups excluding carboxylic acids is 1. The van der Waals surface area contributed by atoms with Crippen molar-refractivity contribution in [1.82, 2.24) is 15.2 Å². The molecule has 0 aliphatic carbocycles. The number of amides is 1. The van der Waals surface area contributed by atoms with Gasteiger partial charge in [-0.2, -0.15) is 0 Å². The lowest BCUT2D eigenvalue weighted by Gasteiger charge is -2.08. The minimum absolute atomic E-state index is 0.0758. The third-order valence-electron chi connectivity index (χ3n) is 3.70. The molecule has 1 heterocycles. The molecule has 6 heteroatoms. The van der Waals surface area contributed by atoms with Crippen molar-refractivity contribution < 1.29 is 4.79 Å². The lowest BCUT2D eigenvalue weighted by Crippen LogP contribution is -2.15. The summed E-state index contributed by atoms with van der Waals surface area (Å²) in [6, 6.07) is 15.9. The number of aromatic nitrogens is 3. The molecule has 0 bridgehead atoms. The smallest absolute Gasteiger partial charge is 0.234 e. The summed E-state index contributed by atoms with van der Waals surface area (Å²) in [5, 5.41) is 10.5. The Hall–Kier alpha value is -2.86. The molecule has 0 atom stereocenters. The second-order valence-corrected chi connectivity index (χ2v) is 6.84. The highest BCUT2D eigenvalue weighted by molar-refractivity contribution is 7.99. The molecule has 1 amide bonds. The van der Waals surface area contributed by atoms with E-state index in [1.165, 1.54) is 17.3 Å². The Kier molecular flexibility index (Phi) is 5.86. The van der Waals surface area contributed by atoms with Gasteiger partial charge in [0.1, 0.15) is 5.82 Å². The van der Waals surface area contributed by atoms with Gasteiger partial charge < -0.3 is 5.32 Å². The van der Waals surface area contributed by atoms with Crippen LogP contribution in [-0.4, -0.2) is 26.8 Å². The highest BCUT2D eigenvalue weighted by Crippen LogP contribution is 2.18. The summed E-state index contributed by atoms with van der Waals surface area (Å²) in [5.41, 5.74) is 4.15. The third-order valence-corrected chi connectivity index (χ3v) is 4.55. The van der Waals surface area contributed by atoms with E-state index in [0.717, 1.165) is 16.8 Å². The summed E-state index contributed by atoms with van der Waals surface area (Å²) in [6.07, 6.45) is 3.82. The van der Waals surface area contributed by atoms with Crippen LogP contribution in [0.15, 0.2) is 53.7 Å². The number of nitrogens with one attached hydrogen (secondary N) is 2. The largest absolute Gasteiger partial charge is 0.325 e. The predicted octanol–water partition coefficient (Wildman–Crippen LogP) is 4.32. The van der Waals surface area contributed by atoms with Gasteiger partial charge in [0, 0.05) is 5.69 Å². The highest BCUT2D eigenvalue weighted by Gasteiger charge is 2.08. The summed E-state index contributed by atoms with van der Waals surface area (Å²) in [5.74, 6) is 0.840. The third kappa shape index (κ3) is 5.07. The topological polar surface area (TPSA) is 70.7 Å². The number of hydrogen-bond acceptors (Lipinski definition) is 4. The summed E-state index contributed by atoms with van der Waals surface area (Å²) >= 11 is 1.30. The Morgan fingerprint density at radius 1 is 1.15 bits per heavy atom. The number of H-pyrrole nitrogens is 1. The zero-order chi connectivity index (χ0) is 18.4. The average Bonchev–Trinajstić information content (AvgIpc) is 3.09. The van der Waals surface area contributed by atoms with Crippen LogP contribution in [0.2, 0.25) is 0 Å². The number of carbonyl (C=O) groups is 1. The van der Waals surface area contributed by atoms with E-state index in [1.807, 2.05) is 74.5 Å². The Balaban J connectivity index is 1.53. The lowest BCUT2D eigenvalue weighted by molar-refractivity contribution is -0.113. The van der Waals surface area contributed by atoms with Gasteiger partial charge in [-0.15, -0.1) is 5.10 Å². The minimum atomic E-state index is -0.0758. The fourth-order valence-electron chi connectivity index (χ4n) is 2.41. The highest BCUT2D eigenvalue weighted by atomic mass is 32.2. The number of hydrogen-bond donors (Lipinski definition) is 2. The van der Waals surface area contributed by atoms with Crippen LogP contribution in [0.3, 0.4) is 0 Å². The van der Waals surface area contributed by atoms with Crippen LogP contribution >= 0.6 is 11.8 Å². The first-order valence-electron chi connectivity index (χ1n) is 8.25. The number of benzene rings is 2. The van der Waals surface area contributed by atoms with Gasteiger partial charge in [-0.1, -0.05) is 65.9 Å². The molecule has 5 nitrogen and oxygen atoms in total. The molecular formula is C20H20N4OS. The molecule has 0 aliphatic rings. The first kappa shape index (κ1) is 17.9. The lowest BCUT2D eigenvalue weighted by atomic mass is 10.1. The fourth-order valence-corrected chi connectivity index (χ4v) is 3.01. The molecule has 3 rings (SSSR count). The molecule has 132 valence electrons. The number of nitrogens with zero attached hydrogens (tertiary/aromatic N) is 2. The first-order chi connectivity index (χ1) is 12.6. The van der Waals surface area contributed by atoms with Gasteiger partial charge in [0.2, 0.25) is 11.1 Å². The normalized spacial score (nSPS) is 11.0. The van der Waals surface area contributed by atoms with Crippen molar-refractivity contribution in [3.05, 3.63) is 71.0 Å². The van der Waals surface area contributed by atoms with Crippen LogP contribution in [-0.2, 0) is 4.79 Å². The molecule has 0 aliphatic heterocycles. The molecule has 0 unspecified atom stereocenters. The Bertz CT molecular complexity index is 919. The Labute approximate surface area is 156 Å². The predicted molar refractivity (Wildman–Crippen MR) is 107 cm³/mol. The van der Waals surface area contributed by atoms with Gasteiger partial charge in [-0.3, -0.25) is 9.89 Å². The fraction of sp³-hybridized carbons (Fsp3) is 0.150. The molecule has 0 radical (unpaired) electrons. The molecule has 0 saturated heterocycles. The molecule has 0 spiro atoms. The first-order valence-corrected chi connectivity index (χ1v) is 9.24. The van der Waals surface area contributed by atoms with Crippen molar-refractivity contribution in [2.24, 2.45) is 0 Å². The van der Waals surface area contributed by atoms with Crippen LogP contribution in [0.5, 0.6) is 0 Å². The molecule has 2 N–H and O–H groups in total. The van der Waals surface area contributed by atoms with E-state index in [9.17, 15) is 4.79 Å². The summed E-state index contributed by atoms with van der Waals surface area (Å²) < 4.78 is 0. The number of thioether (sulfide) groups is 1. The van der Waals surface area contributed by atoms with Crippen LogP contribution in [0, 0.1) is 13.8 Å². The van der Waals surface area contributed by atoms with E-state index in [0.29, 0.717) is 11.0 Å². The number of aryl methyl sites for hydroxylation is 2. The quantitative estimate of drug-likeness (QED) is 0.639. The van der Waals surface area contributed by atoms with E-state index in [1.54, 1.807) is 0 Å². The van der Waals surface area contributed by atoms with Gasteiger partial charge in [0.15, 0.2) is 0 Å². The Morgan fingerprint density at radius 3 is 2.73 bits per heavy atom. The van der Waals surface area contributed by atoms with Crippen molar-refractivity contribution >= 4 is 35.5 Å². The molecule has 2 aromatic carbocycles. The van der Waals surface area contributed by atoms with Crippen molar-refractivity contribution in [3.8, 4) is 0 Å². The van der Waals surface area contributed by atoms with Gasteiger partial charge in [-0.25, -0.2) is 4.98 Å². The van der Waals surface area contributed by atoms with Gasteiger partial charge in [-0.05, 0) is 37.1 Å². The summed E-state index contributed by atoms with van der Waals surface area (Å²) in [4.78, 5) is 16.5. The maximum atomic E-state index is 12.1. The second-order valence-electron chi connectivity index (χ2n) is 5.90. The van der Waals surface area contributed by atoms with E-state index < -0.39 is 0 Å². The number of rotatable bonds is 6. The number of aromatic amines is 1. The van der Waals surface area contributed by atoms with Gasteiger partial charge >= 0.3 is 0 Å². The number of anilines is 1. The van der Waals surface area contributed by atoms with Crippen LogP contribution in [0.1, 0.15) is 22.5 Å².